The molecule has 0 radical (unpaired) electrons. The van der Waals surface area contributed by atoms with E-state index in [1.54, 1.807) is 17.0 Å². The first-order chi connectivity index (χ1) is 20.9. The molecule has 2 aliphatic heterocycles. The van der Waals surface area contributed by atoms with Crippen molar-refractivity contribution in [2.24, 2.45) is 0 Å². The Morgan fingerprint density at radius 3 is 2.44 bits per heavy atom. The molecule has 2 saturated heterocycles. The maximum atomic E-state index is 13.2. The first kappa shape index (κ1) is 28.6. The molecule has 6 rings (SSSR count). The summed E-state index contributed by atoms with van der Waals surface area (Å²) in [7, 11) is 0. The summed E-state index contributed by atoms with van der Waals surface area (Å²) in [5.41, 5.74) is 4.53. The van der Waals surface area contributed by atoms with Crippen LogP contribution >= 0.6 is 0 Å². The number of hydrogen-bond donors (Lipinski definition) is 2. The van der Waals surface area contributed by atoms with Crippen molar-refractivity contribution in [3.8, 4) is 0 Å². The van der Waals surface area contributed by atoms with Gasteiger partial charge < -0.3 is 34.5 Å². The molecule has 3 amide bonds. The molecule has 11 heteroatoms. The predicted molar refractivity (Wildman–Crippen MR) is 163 cm³/mol. The number of piperazine rings is 1. The summed E-state index contributed by atoms with van der Waals surface area (Å²) >= 11 is 0. The fourth-order valence-corrected chi connectivity index (χ4v) is 5.67. The van der Waals surface area contributed by atoms with E-state index in [0.717, 1.165) is 44.7 Å². The molecule has 0 bridgehead atoms. The molecule has 1 aliphatic carbocycles. The zero-order valence-corrected chi connectivity index (χ0v) is 24.7. The second-order valence-electron chi connectivity index (χ2n) is 11.5. The maximum absolute atomic E-state index is 13.2. The van der Waals surface area contributed by atoms with E-state index in [4.69, 9.17) is 9.15 Å². The summed E-state index contributed by atoms with van der Waals surface area (Å²) in [6, 6.07) is 13.8. The number of anilines is 3. The highest BCUT2D eigenvalue weighted by molar-refractivity contribution is 6.06. The number of oxazole rings is 1. The number of cyclic esters (lactones) is 1. The Morgan fingerprint density at radius 1 is 1.00 bits per heavy atom. The molecule has 226 valence electrons. The fraction of sp³-hybridized carbons (Fsp3) is 0.438. The topological polar surface area (TPSA) is 120 Å². The first-order valence-corrected chi connectivity index (χ1v) is 15.1. The summed E-state index contributed by atoms with van der Waals surface area (Å²) in [5.74, 6) is 0.274. The molecule has 3 aromatic rings. The number of carbonyl (C=O) groups is 3. The van der Waals surface area contributed by atoms with Crippen LogP contribution < -0.4 is 20.4 Å². The number of nitrogens with zero attached hydrogens (tertiary/aromatic N) is 4. The summed E-state index contributed by atoms with van der Waals surface area (Å²) in [6.07, 6.45) is 3.74. The van der Waals surface area contributed by atoms with Gasteiger partial charge in [0, 0.05) is 56.4 Å². The number of aromatic nitrogens is 1. The number of hydrogen-bond acceptors (Lipinski definition) is 8. The molecule has 3 fully saturated rings. The number of amides is 3. The van der Waals surface area contributed by atoms with Gasteiger partial charge in [0.2, 0.25) is 0 Å². The van der Waals surface area contributed by atoms with Gasteiger partial charge in [-0.05, 0) is 62.9 Å². The highest BCUT2D eigenvalue weighted by atomic mass is 16.6. The molecule has 2 aromatic carbocycles. The van der Waals surface area contributed by atoms with Crippen molar-refractivity contribution in [3.63, 3.8) is 0 Å². The quantitative estimate of drug-likeness (QED) is 0.336. The van der Waals surface area contributed by atoms with E-state index < -0.39 is 0 Å². The minimum absolute atomic E-state index is 0.0329. The minimum Gasteiger partial charge on any atom is -0.448 e. The van der Waals surface area contributed by atoms with Crippen LogP contribution in [0.15, 0.2) is 53.1 Å². The van der Waals surface area contributed by atoms with E-state index in [0.29, 0.717) is 49.2 Å². The SMILES string of the molecule is Cc1ccccc1N1CCN(c2ccc(C(=O)NCCCN3C(=O)OCC3C)cc2NC(=O)c2coc(C3CC3)n2)CC1. The summed E-state index contributed by atoms with van der Waals surface area (Å²) in [4.78, 5) is 48.9. The molecule has 11 nitrogen and oxygen atoms in total. The Morgan fingerprint density at radius 2 is 1.74 bits per heavy atom. The first-order valence-electron chi connectivity index (χ1n) is 15.1. The Kier molecular flexibility index (Phi) is 8.22. The lowest BCUT2D eigenvalue weighted by molar-refractivity contribution is 0.0950. The summed E-state index contributed by atoms with van der Waals surface area (Å²) in [5, 5.41) is 5.94. The van der Waals surface area contributed by atoms with Crippen LogP contribution in [0.1, 0.15) is 64.4 Å². The molecule has 3 heterocycles. The Balaban J connectivity index is 1.15. The van der Waals surface area contributed by atoms with Gasteiger partial charge in [-0.1, -0.05) is 18.2 Å². The predicted octanol–water partition coefficient (Wildman–Crippen LogP) is 4.40. The lowest BCUT2D eigenvalue weighted by Crippen LogP contribution is -2.47. The second-order valence-corrected chi connectivity index (χ2v) is 11.5. The highest BCUT2D eigenvalue weighted by Crippen LogP contribution is 2.39. The molecule has 1 unspecified atom stereocenters. The molecule has 1 aromatic heterocycles. The zero-order valence-electron chi connectivity index (χ0n) is 24.7. The van der Waals surface area contributed by atoms with Gasteiger partial charge in [0.05, 0.1) is 17.4 Å². The number of benzene rings is 2. The summed E-state index contributed by atoms with van der Waals surface area (Å²) in [6.45, 7) is 8.55. The van der Waals surface area contributed by atoms with Crippen molar-refractivity contribution in [1.82, 2.24) is 15.2 Å². The number of ether oxygens (including phenoxy) is 1. The monoisotopic (exact) mass is 586 g/mol. The van der Waals surface area contributed by atoms with E-state index >= 15 is 0 Å². The van der Waals surface area contributed by atoms with Crippen molar-refractivity contribution in [2.45, 2.75) is 45.1 Å². The van der Waals surface area contributed by atoms with Crippen LogP contribution in [0, 0.1) is 6.92 Å². The Labute approximate surface area is 251 Å². The van der Waals surface area contributed by atoms with Gasteiger partial charge >= 0.3 is 6.09 Å². The maximum Gasteiger partial charge on any atom is 0.410 e. The second kappa shape index (κ2) is 12.4. The van der Waals surface area contributed by atoms with Crippen molar-refractivity contribution in [2.75, 3.05) is 61.0 Å². The van der Waals surface area contributed by atoms with Crippen molar-refractivity contribution >= 4 is 35.0 Å². The normalized spacial score (nSPS) is 18.5. The van der Waals surface area contributed by atoms with E-state index in [2.05, 4.69) is 50.5 Å². The van der Waals surface area contributed by atoms with Crippen LogP contribution in [-0.4, -0.2) is 79.7 Å². The number of rotatable bonds is 10. The number of aryl methyl sites for hydroxylation is 1. The lowest BCUT2D eigenvalue weighted by atomic mass is 10.1. The molecule has 0 spiro atoms. The van der Waals surface area contributed by atoms with Gasteiger partial charge in [-0.25, -0.2) is 9.78 Å². The van der Waals surface area contributed by atoms with Crippen LogP contribution in [0.3, 0.4) is 0 Å². The van der Waals surface area contributed by atoms with Crippen LogP contribution in [0.4, 0.5) is 21.9 Å². The number of nitrogens with one attached hydrogen (secondary N) is 2. The highest BCUT2D eigenvalue weighted by Gasteiger charge is 2.30. The van der Waals surface area contributed by atoms with Crippen LogP contribution in [-0.2, 0) is 4.74 Å². The van der Waals surface area contributed by atoms with Gasteiger partial charge in [0.1, 0.15) is 12.9 Å². The molecule has 1 saturated carbocycles. The standard InChI is InChI=1S/C32H38N6O5/c1-21-6-3-4-7-27(21)36-14-16-37(17-15-36)28-11-10-24(29(39)33-12-5-13-38-22(2)19-43-32(38)41)18-25(28)34-30(40)26-20-42-31(35-26)23-8-9-23/h3-4,6-7,10-11,18,20,22-23H,5,8-9,12-17,19H2,1-2H3,(H,33,39)(H,34,40). The van der Waals surface area contributed by atoms with Gasteiger partial charge in [0.15, 0.2) is 11.6 Å². The minimum atomic E-state index is -0.375. The van der Waals surface area contributed by atoms with E-state index in [1.165, 1.54) is 17.5 Å². The smallest absolute Gasteiger partial charge is 0.410 e. The van der Waals surface area contributed by atoms with Gasteiger partial charge in [0.25, 0.3) is 11.8 Å². The third-order valence-corrected chi connectivity index (χ3v) is 8.34. The van der Waals surface area contributed by atoms with E-state index in [9.17, 15) is 14.4 Å². The average molecular weight is 587 g/mol. The van der Waals surface area contributed by atoms with Crippen molar-refractivity contribution in [1.29, 1.82) is 0 Å². The molecule has 2 N–H and O–H groups in total. The Bertz CT molecular complexity index is 1490. The van der Waals surface area contributed by atoms with E-state index in [1.807, 2.05) is 19.1 Å². The molecule has 1 atom stereocenters. The average Bonchev–Trinajstić information content (AvgIpc) is 3.66. The van der Waals surface area contributed by atoms with Crippen LogP contribution in [0.2, 0.25) is 0 Å². The summed E-state index contributed by atoms with van der Waals surface area (Å²) < 4.78 is 10.6. The van der Waals surface area contributed by atoms with Crippen molar-refractivity contribution in [3.05, 3.63) is 71.4 Å². The molecule has 3 aliphatic rings. The fourth-order valence-electron chi connectivity index (χ4n) is 5.67. The molecule has 43 heavy (non-hydrogen) atoms. The van der Waals surface area contributed by atoms with Gasteiger partial charge in [-0.15, -0.1) is 0 Å². The van der Waals surface area contributed by atoms with E-state index in [-0.39, 0.29) is 29.6 Å². The lowest BCUT2D eigenvalue weighted by Gasteiger charge is -2.38. The van der Waals surface area contributed by atoms with Gasteiger partial charge in [-0.2, -0.15) is 0 Å². The Hall–Kier alpha value is -4.54. The largest absolute Gasteiger partial charge is 0.448 e. The third kappa shape index (κ3) is 6.45. The van der Waals surface area contributed by atoms with Crippen LogP contribution in [0.25, 0.3) is 0 Å². The number of carbonyl (C=O) groups excluding carboxylic acids is 3. The zero-order chi connectivity index (χ0) is 29.9. The molecular formula is C32H38N6O5. The number of para-hydroxylation sites is 1. The van der Waals surface area contributed by atoms with Gasteiger partial charge in [-0.3, -0.25) is 9.59 Å². The van der Waals surface area contributed by atoms with Crippen molar-refractivity contribution < 1.29 is 23.5 Å². The molecular weight excluding hydrogens is 548 g/mol. The van der Waals surface area contributed by atoms with Crippen LogP contribution in [0.5, 0.6) is 0 Å². The third-order valence-electron chi connectivity index (χ3n) is 8.34.